The van der Waals surface area contributed by atoms with Crippen molar-refractivity contribution in [2.24, 2.45) is 4.99 Å². The van der Waals surface area contributed by atoms with E-state index >= 15 is 0 Å². The lowest BCUT2D eigenvalue weighted by Gasteiger charge is -2.09. The molecule has 0 unspecified atom stereocenters. The van der Waals surface area contributed by atoms with Gasteiger partial charge in [0, 0.05) is 40.3 Å². The van der Waals surface area contributed by atoms with Crippen molar-refractivity contribution >= 4 is 34.6 Å². The maximum Gasteiger partial charge on any atom is 0.0991 e. The molecule has 0 aliphatic heterocycles. The quantitative estimate of drug-likeness (QED) is 0.479. The van der Waals surface area contributed by atoms with Crippen molar-refractivity contribution in [2.75, 3.05) is 0 Å². The molecule has 0 amide bonds. The normalized spacial score (nSPS) is 12.5. The molecule has 0 saturated carbocycles. The van der Waals surface area contributed by atoms with E-state index in [2.05, 4.69) is 29.2 Å². The van der Waals surface area contributed by atoms with Crippen LogP contribution in [0.5, 0.6) is 0 Å². The summed E-state index contributed by atoms with van der Waals surface area (Å²) in [5.41, 5.74) is 4.89. The highest BCUT2D eigenvalue weighted by molar-refractivity contribution is 6.36. The van der Waals surface area contributed by atoms with Crippen LogP contribution in [0.1, 0.15) is 25.0 Å². The lowest BCUT2D eigenvalue weighted by molar-refractivity contribution is 1.06. The minimum atomic E-state index is 0.614. The molecule has 0 atom stereocenters. The first-order valence-electron chi connectivity index (χ1n) is 8.30. The first-order valence-corrected chi connectivity index (χ1v) is 9.06. The molecule has 0 saturated heterocycles. The summed E-state index contributed by atoms with van der Waals surface area (Å²) in [7, 11) is 0. The van der Waals surface area contributed by atoms with Crippen LogP contribution in [0.4, 0.5) is 0 Å². The van der Waals surface area contributed by atoms with Crippen LogP contribution in [0, 0.1) is 0 Å². The van der Waals surface area contributed by atoms with Crippen molar-refractivity contribution in [3.05, 3.63) is 88.4 Å². The topological polar surface area (TPSA) is 30.2 Å². The zero-order valence-corrected chi connectivity index (χ0v) is 16.2. The first kappa shape index (κ1) is 18.4. The summed E-state index contributed by atoms with van der Waals surface area (Å²) >= 11 is 12.5. The van der Waals surface area contributed by atoms with Crippen LogP contribution in [0.25, 0.3) is 11.4 Å². The van der Waals surface area contributed by atoms with E-state index < -0.39 is 0 Å². The summed E-state index contributed by atoms with van der Waals surface area (Å²) in [5, 5.41) is 1.33. The summed E-state index contributed by atoms with van der Waals surface area (Å²) in [6, 6.07) is 13.8. The van der Waals surface area contributed by atoms with Gasteiger partial charge in [0.05, 0.1) is 12.0 Å². The fourth-order valence-electron chi connectivity index (χ4n) is 2.71. The van der Waals surface area contributed by atoms with Crippen molar-refractivity contribution in [3.8, 4) is 5.69 Å². The van der Waals surface area contributed by atoms with E-state index in [1.54, 1.807) is 12.5 Å². The largest absolute Gasteiger partial charge is 0.306 e. The molecule has 3 aromatic rings. The Morgan fingerprint density at radius 1 is 1.12 bits per heavy atom. The van der Waals surface area contributed by atoms with Gasteiger partial charge >= 0.3 is 0 Å². The number of aromatic nitrogens is 2. The molecule has 0 aliphatic carbocycles. The molecule has 1 aromatic heterocycles. The van der Waals surface area contributed by atoms with E-state index in [4.69, 9.17) is 28.2 Å². The lowest BCUT2D eigenvalue weighted by atomic mass is 10.1. The van der Waals surface area contributed by atoms with E-state index in [1.807, 2.05) is 48.9 Å². The average Bonchev–Trinajstić information content (AvgIpc) is 3.18. The maximum absolute atomic E-state index is 6.27. The predicted molar refractivity (Wildman–Crippen MR) is 110 cm³/mol. The summed E-state index contributed by atoms with van der Waals surface area (Å²) in [6.45, 7) is 3.97. The molecule has 0 N–H and O–H groups in total. The smallest absolute Gasteiger partial charge is 0.0991 e. The van der Waals surface area contributed by atoms with E-state index in [0.29, 0.717) is 16.5 Å². The minimum absolute atomic E-state index is 0.614. The van der Waals surface area contributed by atoms with Crippen molar-refractivity contribution in [1.29, 1.82) is 0 Å². The van der Waals surface area contributed by atoms with Crippen LogP contribution in [0.15, 0.2) is 72.3 Å². The zero-order chi connectivity index (χ0) is 18.5. The highest BCUT2D eigenvalue weighted by atomic mass is 35.5. The Hall–Kier alpha value is -2.36. The van der Waals surface area contributed by atoms with Gasteiger partial charge in [-0.25, -0.2) is 4.98 Å². The number of imidazole rings is 1. The number of allylic oxidation sites excluding steroid dienone is 1. The van der Waals surface area contributed by atoms with Crippen molar-refractivity contribution < 1.29 is 0 Å². The number of hydrogen-bond donors (Lipinski definition) is 0. The Morgan fingerprint density at radius 3 is 2.38 bits per heavy atom. The molecule has 132 valence electrons. The Morgan fingerprint density at radius 2 is 1.81 bits per heavy atom. The maximum atomic E-state index is 6.27. The van der Waals surface area contributed by atoms with Gasteiger partial charge in [0.1, 0.15) is 0 Å². The van der Waals surface area contributed by atoms with Gasteiger partial charge < -0.3 is 4.57 Å². The van der Waals surface area contributed by atoms with Crippen LogP contribution < -0.4 is 0 Å². The van der Waals surface area contributed by atoms with Crippen LogP contribution in [-0.2, 0) is 6.42 Å². The molecule has 0 fully saturated rings. The number of rotatable bonds is 5. The summed E-state index contributed by atoms with van der Waals surface area (Å²) in [5.74, 6) is 0. The molecular formula is C21H19Cl2N3. The van der Waals surface area contributed by atoms with Gasteiger partial charge in [0.15, 0.2) is 0 Å². The third-order valence-corrected chi connectivity index (χ3v) is 4.75. The molecule has 0 bridgehead atoms. The van der Waals surface area contributed by atoms with Crippen LogP contribution in [-0.4, -0.2) is 15.3 Å². The summed E-state index contributed by atoms with van der Waals surface area (Å²) in [6.07, 6.45) is 8.08. The number of aliphatic imine (C=N–C) groups is 1. The SMILES string of the molecule is C/C=C(\N=C(C)Cc1c(Cl)cccc1Cl)c1ccc(-n2ccnc2)cc1. The van der Waals surface area contributed by atoms with E-state index in [0.717, 1.165) is 28.2 Å². The second kappa shape index (κ2) is 8.35. The molecule has 26 heavy (non-hydrogen) atoms. The van der Waals surface area contributed by atoms with Gasteiger partial charge in [0.25, 0.3) is 0 Å². The number of benzene rings is 2. The van der Waals surface area contributed by atoms with Gasteiger partial charge in [-0.15, -0.1) is 0 Å². The first-order chi connectivity index (χ1) is 12.6. The third kappa shape index (κ3) is 4.24. The third-order valence-electron chi connectivity index (χ3n) is 4.04. The van der Waals surface area contributed by atoms with Gasteiger partial charge in [0.2, 0.25) is 0 Å². The average molecular weight is 384 g/mol. The zero-order valence-electron chi connectivity index (χ0n) is 14.7. The van der Waals surface area contributed by atoms with Crippen molar-refractivity contribution in [2.45, 2.75) is 20.3 Å². The molecule has 0 aliphatic rings. The lowest BCUT2D eigenvalue weighted by Crippen LogP contribution is -2.00. The van der Waals surface area contributed by atoms with Crippen molar-refractivity contribution in [3.63, 3.8) is 0 Å². The fraction of sp³-hybridized carbons (Fsp3) is 0.143. The number of halogens is 2. The van der Waals surface area contributed by atoms with Crippen LogP contribution in [0.3, 0.4) is 0 Å². The Bertz CT molecular complexity index is 920. The monoisotopic (exact) mass is 383 g/mol. The molecule has 3 nitrogen and oxygen atoms in total. The molecule has 0 radical (unpaired) electrons. The second-order valence-corrected chi connectivity index (χ2v) is 6.73. The standard InChI is InChI=1S/C21H19Cl2N3/c1-3-21(16-7-9-17(10-8-16)26-12-11-24-14-26)25-15(2)13-18-19(22)5-4-6-20(18)23/h3-12,14H,13H2,1-2H3/b21-3-,25-15?. The molecule has 3 rings (SSSR count). The highest BCUT2D eigenvalue weighted by Gasteiger charge is 2.08. The van der Waals surface area contributed by atoms with Crippen LogP contribution in [0.2, 0.25) is 10.0 Å². The van der Waals surface area contributed by atoms with Gasteiger partial charge in [-0.2, -0.15) is 0 Å². The fourth-order valence-corrected chi connectivity index (χ4v) is 3.25. The van der Waals surface area contributed by atoms with Crippen molar-refractivity contribution in [1.82, 2.24) is 9.55 Å². The molecule has 5 heteroatoms. The molecule has 1 heterocycles. The number of hydrogen-bond acceptors (Lipinski definition) is 2. The highest BCUT2D eigenvalue weighted by Crippen LogP contribution is 2.26. The van der Waals surface area contributed by atoms with Gasteiger partial charge in [-0.3, -0.25) is 4.99 Å². The molecular weight excluding hydrogens is 365 g/mol. The Balaban J connectivity index is 1.81. The number of nitrogens with zero attached hydrogens (tertiary/aromatic N) is 3. The Kier molecular flexibility index (Phi) is 5.92. The summed E-state index contributed by atoms with van der Waals surface area (Å²) < 4.78 is 1.97. The molecule has 0 spiro atoms. The Labute approximate surface area is 163 Å². The molecule has 2 aromatic carbocycles. The van der Waals surface area contributed by atoms with Gasteiger partial charge in [-0.05, 0) is 49.2 Å². The van der Waals surface area contributed by atoms with E-state index in [1.165, 1.54) is 0 Å². The summed E-state index contributed by atoms with van der Waals surface area (Å²) in [4.78, 5) is 8.85. The van der Waals surface area contributed by atoms with E-state index in [9.17, 15) is 0 Å². The van der Waals surface area contributed by atoms with Crippen LogP contribution >= 0.6 is 23.2 Å². The van der Waals surface area contributed by atoms with Gasteiger partial charge in [-0.1, -0.05) is 47.5 Å². The predicted octanol–water partition coefficient (Wildman–Crippen LogP) is 6.24. The van der Waals surface area contributed by atoms with E-state index in [-0.39, 0.29) is 0 Å². The minimum Gasteiger partial charge on any atom is -0.306 e. The second-order valence-electron chi connectivity index (χ2n) is 5.91.